The van der Waals surface area contributed by atoms with Crippen molar-refractivity contribution in [2.24, 2.45) is 0 Å². The van der Waals surface area contributed by atoms with Crippen molar-refractivity contribution in [3.63, 3.8) is 0 Å². The Morgan fingerprint density at radius 2 is 1.76 bits per heavy atom. The zero-order valence-corrected chi connectivity index (χ0v) is 17.3. The third-order valence-corrected chi connectivity index (χ3v) is 6.05. The molecule has 2 saturated heterocycles. The lowest BCUT2D eigenvalue weighted by molar-refractivity contribution is -0.129. The molecule has 3 heterocycles. The van der Waals surface area contributed by atoms with Crippen LogP contribution in [0.25, 0.3) is 0 Å². The lowest BCUT2D eigenvalue weighted by Crippen LogP contribution is -2.48. The molecule has 0 atom stereocenters. The van der Waals surface area contributed by atoms with Gasteiger partial charge in [0.1, 0.15) is 0 Å². The topological polar surface area (TPSA) is 51.7 Å². The van der Waals surface area contributed by atoms with Crippen LogP contribution in [-0.4, -0.2) is 66.0 Å². The van der Waals surface area contributed by atoms with Gasteiger partial charge < -0.3 is 15.1 Å². The summed E-state index contributed by atoms with van der Waals surface area (Å²) in [6.07, 6.45) is 6.06. The van der Waals surface area contributed by atoms with E-state index in [1.54, 1.807) is 6.92 Å². The molecule has 0 spiro atoms. The maximum atomic E-state index is 11.5. The number of hydrogen-bond donors (Lipinski definition) is 1. The average molecular weight is 394 g/mol. The molecule has 1 aromatic carbocycles. The Balaban J connectivity index is 1.27. The van der Waals surface area contributed by atoms with Crippen LogP contribution in [0.5, 0.6) is 0 Å². The molecule has 0 bridgehead atoms. The number of rotatable bonds is 5. The van der Waals surface area contributed by atoms with Gasteiger partial charge in [-0.2, -0.15) is 0 Å². The smallest absolute Gasteiger partial charge is 0.219 e. The van der Waals surface area contributed by atoms with Gasteiger partial charge in [0.25, 0.3) is 0 Å². The van der Waals surface area contributed by atoms with Crippen LogP contribution in [0.15, 0.2) is 48.8 Å². The predicted molar refractivity (Wildman–Crippen MR) is 117 cm³/mol. The second kappa shape index (κ2) is 9.27. The van der Waals surface area contributed by atoms with Crippen LogP contribution in [0.3, 0.4) is 0 Å². The number of nitrogens with one attached hydrogen (secondary N) is 1. The molecule has 154 valence electrons. The van der Waals surface area contributed by atoms with Gasteiger partial charge in [-0.15, -0.1) is 0 Å². The number of likely N-dealkylation sites (tertiary alicyclic amines) is 1. The molecule has 4 rings (SSSR count). The van der Waals surface area contributed by atoms with E-state index in [-0.39, 0.29) is 5.91 Å². The molecular formula is C23H31N5O. The lowest BCUT2D eigenvalue weighted by Gasteiger charge is -2.36. The second-order valence-corrected chi connectivity index (χ2v) is 8.09. The largest absolute Gasteiger partial charge is 0.382 e. The summed E-state index contributed by atoms with van der Waals surface area (Å²) in [6.45, 7) is 8.32. The number of aromatic nitrogens is 1. The summed E-state index contributed by atoms with van der Waals surface area (Å²) in [5.41, 5.74) is 3.78. The van der Waals surface area contributed by atoms with Crippen molar-refractivity contribution in [2.45, 2.75) is 32.4 Å². The van der Waals surface area contributed by atoms with E-state index >= 15 is 0 Å². The Morgan fingerprint density at radius 3 is 2.45 bits per heavy atom. The van der Waals surface area contributed by atoms with Crippen LogP contribution in [0.2, 0.25) is 0 Å². The van der Waals surface area contributed by atoms with Crippen molar-refractivity contribution in [3.8, 4) is 0 Å². The number of piperidine rings is 1. The van der Waals surface area contributed by atoms with E-state index in [0.29, 0.717) is 6.04 Å². The van der Waals surface area contributed by atoms with Gasteiger partial charge in [0, 0.05) is 82.5 Å². The Kier molecular flexibility index (Phi) is 6.30. The van der Waals surface area contributed by atoms with Crippen LogP contribution >= 0.6 is 0 Å². The van der Waals surface area contributed by atoms with E-state index in [2.05, 4.69) is 56.5 Å². The van der Waals surface area contributed by atoms with E-state index < -0.39 is 0 Å². The number of anilines is 2. The summed E-state index contributed by atoms with van der Waals surface area (Å²) in [5.74, 6) is 0.176. The minimum Gasteiger partial charge on any atom is -0.382 e. The first-order valence-corrected chi connectivity index (χ1v) is 10.7. The zero-order valence-electron chi connectivity index (χ0n) is 17.3. The van der Waals surface area contributed by atoms with Crippen molar-refractivity contribution in [3.05, 3.63) is 54.4 Å². The number of benzene rings is 1. The molecule has 0 radical (unpaired) electrons. The van der Waals surface area contributed by atoms with Crippen molar-refractivity contribution >= 4 is 17.3 Å². The molecule has 1 N–H and O–H groups in total. The number of carbonyl (C=O) groups is 1. The number of pyridine rings is 1. The van der Waals surface area contributed by atoms with Gasteiger partial charge in [0.05, 0.1) is 0 Å². The minimum absolute atomic E-state index is 0.176. The van der Waals surface area contributed by atoms with Gasteiger partial charge in [-0.3, -0.25) is 14.7 Å². The van der Waals surface area contributed by atoms with E-state index in [1.807, 2.05) is 17.3 Å². The van der Waals surface area contributed by atoms with Gasteiger partial charge in [-0.1, -0.05) is 6.07 Å². The molecular weight excluding hydrogens is 362 g/mol. The molecule has 6 heteroatoms. The summed E-state index contributed by atoms with van der Waals surface area (Å²) in [6, 6.07) is 13.5. The number of hydrogen-bond acceptors (Lipinski definition) is 5. The van der Waals surface area contributed by atoms with Crippen molar-refractivity contribution < 1.29 is 4.79 Å². The third-order valence-electron chi connectivity index (χ3n) is 6.05. The first kappa shape index (κ1) is 19.7. The van der Waals surface area contributed by atoms with Gasteiger partial charge in [0.2, 0.25) is 5.91 Å². The van der Waals surface area contributed by atoms with E-state index in [0.717, 1.165) is 58.7 Å². The Hall–Kier alpha value is -2.60. The standard InChI is InChI=1S/C23H31N5O/c1-19(29)27-13-15-28(16-14-27)23-4-2-3-22(17-23)25-21-7-11-26(12-8-21)18-20-5-9-24-10-6-20/h2-6,9-10,17,21,25H,7-8,11-16,18H2,1H3. The maximum absolute atomic E-state index is 11.5. The quantitative estimate of drug-likeness (QED) is 0.847. The number of nitrogens with zero attached hydrogens (tertiary/aromatic N) is 4. The monoisotopic (exact) mass is 393 g/mol. The molecule has 2 aliphatic heterocycles. The third kappa shape index (κ3) is 5.26. The van der Waals surface area contributed by atoms with E-state index in [4.69, 9.17) is 0 Å². The van der Waals surface area contributed by atoms with Gasteiger partial charge in [-0.25, -0.2) is 0 Å². The fourth-order valence-corrected chi connectivity index (χ4v) is 4.29. The highest BCUT2D eigenvalue weighted by atomic mass is 16.2. The fraction of sp³-hybridized carbons (Fsp3) is 0.478. The molecule has 29 heavy (non-hydrogen) atoms. The van der Waals surface area contributed by atoms with Crippen LogP contribution < -0.4 is 10.2 Å². The molecule has 0 saturated carbocycles. The lowest BCUT2D eigenvalue weighted by atomic mass is 10.0. The highest BCUT2D eigenvalue weighted by molar-refractivity contribution is 5.73. The molecule has 1 amide bonds. The highest BCUT2D eigenvalue weighted by Gasteiger charge is 2.21. The Bertz CT molecular complexity index is 796. The Labute approximate surface area is 173 Å². The fourth-order valence-electron chi connectivity index (χ4n) is 4.29. The van der Waals surface area contributed by atoms with E-state index in [1.165, 1.54) is 16.9 Å². The minimum atomic E-state index is 0.176. The van der Waals surface area contributed by atoms with Gasteiger partial charge in [-0.05, 0) is 48.7 Å². The van der Waals surface area contributed by atoms with Crippen LogP contribution in [0.1, 0.15) is 25.3 Å². The molecule has 2 fully saturated rings. The SMILES string of the molecule is CC(=O)N1CCN(c2cccc(NC3CCN(Cc4ccncc4)CC3)c2)CC1. The van der Waals surface area contributed by atoms with Crippen LogP contribution in [0.4, 0.5) is 11.4 Å². The molecule has 2 aliphatic rings. The second-order valence-electron chi connectivity index (χ2n) is 8.09. The first-order valence-electron chi connectivity index (χ1n) is 10.7. The first-order chi connectivity index (χ1) is 14.2. The molecule has 0 unspecified atom stereocenters. The average Bonchev–Trinajstić information content (AvgIpc) is 2.76. The summed E-state index contributed by atoms with van der Waals surface area (Å²) >= 11 is 0. The van der Waals surface area contributed by atoms with Crippen molar-refractivity contribution in [1.29, 1.82) is 0 Å². The summed E-state index contributed by atoms with van der Waals surface area (Å²) < 4.78 is 0. The summed E-state index contributed by atoms with van der Waals surface area (Å²) in [7, 11) is 0. The highest BCUT2D eigenvalue weighted by Crippen LogP contribution is 2.24. The normalized spacial score (nSPS) is 18.7. The molecule has 1 aromatic heterocycles. The molecule has 2 aromatic rings. The Morgan fingerprint density at radius 1 is 1.03 bits per heavy atom. The maximum Gasteiger partial charge on any atom is 0.219 e. The summed E-state index contributed by atoms with van der Waals surface area (Å²) in [5, 5.41) is 3.74. The summed E-state index contributed by atoms with van der Waals surface area (Å²) in [4.78, 5) is 22.5. The van der Waals surface area contributed by atoms with Crippen molar-refractivity contribution in [1.82, 2.24) is 14.8 Å². The molecule has 0 aliphatic carbocycles. The van der Waals surface area contributed by atoms with Crippen LogP contribution in [0, 0.1) is 0 Å². The van der Waals surface area contributed by atoms with E-state index in [9.17, 15) is 4.79 Å². The molecule has 6 nitrogen and oxygen atoms in total. The number of carbonyl (C=O) groups excluding carboxylic acids is 1. The number of piperazine rings is 1. The number of amides is 1. The van der Waals surface area contributed by atoms with Gasteiger partial charge in [0.15, 0.2) is 0 Å². The van der Waals surface area contributed by atoms with Gasteiger partial charge >= 0.3 is 0 Å². The predicted octanol–water partition coefficient (Wildman–Crippen LogP) is 2.83. The van der Waals surface area contributed by atoms with Crippen molar-refractivity contribution in [2.75, 3.05) is 49.5 Å². The zero-order chi connectivity index (χ0) is 20.1. The van der Waals surface area contributed by atoms with Crippen LogP contribution in [-0.2, 0) is 11.3 Å².